The summed E-state index contributed by atoms with van der Waals surface area (Å²) in [7, 11) is 1.75. The predicted molar refractivity (Wildman–Crippen MR) is 95.4 cm³/mol. The summed E-state index contributed by atoms with van der Waals surface area (Å²) in [6.45, 7) is 7.12. The normalized spacial score (nSPS) is 27.7. The molecular formula is C19H24N2OS. The topological polar surface area (TPSA) is 48.1 Å². The Kier molecular flexibility index (Phi) is 3.08. The molecule has 0 spiro atoms. The van der Waals surface area contributed by atoms with Crippen molar-refractivity contribution < 1.29 is 4.74 Å². The molecule has 1 heterocycles. The Morgan fingerprint density at radius 2 is 2.09 bits per heavy atom. The van der Waals surface area contributed by atoms with Gasteiger partial charge in [-0.2, -0.15) is 0 Å². The molecule has 3 nitrogen and oxygen atoms in total. The fourth-order valence-corrected chi connectivity index (χ4v) is 6.27. The van der Waals surface area contributed by atoms with Gasteiger partial charge in [0.2, 0.25) is 0 Å². The maximum absolute atomic E-state index is 6.04. The van der Waals surface area contributed by atoms with E-state index >= 15 is 0 Å². The molecule has 2 N–H and O–H groups in total. The number of nitrogens with zero attached hydrogens (tertiary/aromatic N) is 1. The molecule has 1 aromatic heterocycles. The third-order valence-electron chi connectivity index (χ3n) is 6.13. The number of aromatic nitrogens is 1. The Morgan fingerprint density at radius 1 is 1.30 bits per heavy atom. The van der Waals surface area contributed by atoms with E-state index in [1.54, 1.807) is 18.4 Å². The number of benzene rings is 1. The second-order valence-corrected chi connectivity index (χ2v) is 8.87. The summed E-state index contributed by atoms with van der Waals surface area (Å²) in [6, 6.07) is 6.60. The van der Waals surface area contributed by atoms with Gasteiger partial charge in [-0.3, -0.25) is 0 Å². The van der Waals surface area contributed by atoms with E-state index in [1.165, 1.54) is 28.1 Å². The highest BCUT2D eigenvalue weighted by Gasteiger charge is 2.53. The zero-order valence-corrected chi connectivity index (χ0v) is 15.1. The third kappa shape index (κ3) is 1.97. The van der Waals surface area contributed by atoms with Gasteiger partial charge in [0.05, 0.1) is 12.8 Å². The minimum Gasteiger partial charge on any atom is -0.497 e. The number of thiazole rings is 1. The number of methoxy groups -OCH3 is 1. The highest BCUT2D eigenvalue weighted by Crippen LogP contribution is 2.57. The van der Waals surface area contributed by atoms with Crippen molar-refractivity contribution in [1.29, 1.82) is 0 Å². The predicted octanol–water partition coefficient (Wildman–Crippen LogP) is 4.09. The van der Waals surface area contributed by atoms with Crippen LogP contribution in [0.3, 0.4) is 0 Å². The summed E-state index contributed by atoms with van der Waals surface area (Å²) in [5.74, 6) is 1.53. The minimum absolute atomic E-state index is 0.0528. The average molecular weight is 328 g/mol. The number of nitrogen functional groups attached to an aromatic ring is 1. The first-order valence-electron chi connectivity index (χ1n) is 8.29. The Morgan fingerprint density at radius 3 is 2.83 bits per heavy atom. The summed E-state index contributed by atoms with van der Waals surface area (Å²) in [5.41, 5.74) is 10.4. The summed E-state index contributed by atoms with van der Waals surface area (Å²) < 4.78 is 5.50. The van der Waals surface area contributed by atoms with E-state index in [4.69, 9.17) is 10.5 Å². The summed E-state index contributed by atoms with van der Waals surface area (Å²) in [4.78, 5) is 6.05. The fraction of sp³-hybridized carbons (Fsp3) is 0.526. The van der Waals surface area contributed by atoms with Gasteiger partial charge in [0, 0.05) is 15.7 Å². The summed E-state index contributed by atoms with van der Waals surface area (Å²) in [5, 5.41) is 0.705. The highest BCUT2D eigenvalue weighted by atomic mass is 32.1. The molecule has 2 aliphatic carbocycles. The maximum Gasteiger partial charge on any atom is 0.180 e. The van der Waals surface area contributed by atoms with Crippen molar-refractivity contribution in [2.45, 2.75) is 50.9 Å². The number of anilines is 1. The van der Waals surface area contributed by atoms with Crippen LogP contribution in [0.2, 0.25) is 0 Å². The summed E-state index contributed by atoms with van der Waals surface area (Å²) in [6.07, 6.45) is 3.38. The standard InChI is InChI=1S/C19H24N2OS/c1-18(2)15-8-6-11-5-7-12(22-4)9-13(11)19(15,3)10-14-16(18)21-17(20)23-14/h5,7,9,15H,6,8,10H2,1-4H3,(H2,20,21)/t15?,19-/m1/s1. The number of hydrogen-bond acceptors (Lipinski definition) is 4. The molecular weight excluding hydrogens is 304 g/mol. The second-order valence-electron chi connectivity index (χ2n) is 7.75. The lowest BCUT2D eigenvalue weighted by atomic mass is 9.51. The van der Waals surface area contributed by atoms with Crippen molar-refractivity contribution >= 4 is 16.5 Å². The molecule has 0 bridgehead atoms. The van der Waals surface area contributed by atoms with Gasteiger partial charge in [-0.25, -0.2) is 4.98 Å². The minimum atomic E-state index is 0.0528. The number of ether oxygens (including phenoxy) is 1. The van der Waals surface area contributed by atoms with Gasteiger partial charge >= 0.3 is 0 Å². The zero-order valence-electron chi connectivity index (χ0n) is 14.3. The molecule has 0 fully saturated rings. The van der Waals surface area contributed by atoms with Crippen LogP contribution in [0.15, 0.2) is 18.2 Å². The largest absolute Gasteiger partial charge is 0.497 e. The molecule has 0 radical (unpaired) electrons. The van der Waals surface area contributed by atoms with Crippen LogP contribution in [0.5, 0.6) is 5.75 Å². The Hall–Kier alpha value is -1.55. The lowest BCUT2D eigenvalue weighted by Crippen LogP contribution is -2.51. The van der Waals surface area contributed by atoms with Crippen LogP contribution in [0.1, 0.15) is 48.9 Å². The number of hydrogen-bond donors (Lipinski definition) is 1. The van der Waals surface area contributed by atoms with E-state index in [1.807, 2.05) is 0 Å². The molecule has 122 valence electrons. The monoisotopic (exact) mass is 328 g/mol. The first kappa shape index (κ1) is 15.0. The van der Waals surface area contributed by atoms with E-state index in [0.29, 0.717) is 11.0 Å². The molecule has 0 aliphatic heterocycles. The van der Waals surface area contributed by atoms with Crippen molar-refractivity contribution in [3.05, 3.63) is 39.9 Å². The van der Waals surface area contributed by atoms with Gasteiger partial charge in [0.15, 0.2) is 5.13 Å². The quantitative estimate of drug-likeness (QED) is 0.858. The van der Waals surface area contributed by atoms with Gasteiger partial charge in [-0.1, -0.05) is 26.8 Å². The van der Waals surface area contributed by atoms with Crippen LogP contribution in [0.4, 0.5) is 5.13 Å². The van der Waals surface area contributed by atoms with Crippen molar-refractivity contribution in [3.63, 3.8) is 0 Å². The molecule has 23 heavy (non-hydrogen) atoms. The molecule has 4 rings (SSSR count). The van der Waals surface area contributed by atoms with Gasteiger partial charge < -0.3 is 10.5 Å². The number of rotatable bonds is 1. The second kappa shape index (κ2) is 4.73. The Labute approximate surface area is 141 Å². The molecule has 2 atom stereocenters. The maximum atomic E-state index is 6.04. The highest BCUT2D eigenvalue weighted by molar-refractivity contribution is 7.15. The molecule has 1 unspecified atom stereocenters. The van der Waals surface area contributed by atoms with Crippen LogP contribution in [0, 0.1) is 5.92 Å². The lowest BCUT2D eigenvalue weighted by Gasteiger charge is -2.53. The molecule has 2 aromatic rings. The van der Waals surface area contributed by atoms with Gasteiger partial charge in [0.1, 0.15) is 5.75 Å². The number of aryl methyl sites for hydroxylation is 1. The van der Waals surface area contributed by atoms with Crippen LogP contribution >= 0.6 is 11.3 Å². The van der Waals surface area contributed by atoms with Crippen LogP contribution in [-0.4, -0.2) is 12.1 Å². The fourth-order valence-electron chi connectivity index (χ4n) is 5.11. The van der Waals surface area contributed by atoms with Crippen molar-refractivity contribution in [3.8, 4) is 5.75 Å². The van der Waals surface area contributed by atoms with Crippen LogP contribution in [0.25, 0.3) is 0 Å². The molecule has 0 saturated carbocycles. The van der Waals surface area contributed by atoms with Gasteiger partial charge in [0.25, 0.3) is 0 Å². The van der Waals surface area contributed by atoms with Crippen LogP contribution < -0.4 is 10.5 Å². The number of nitrogens with two attached hydrogens (primary N) is 1. The van der Waals surface area contributed by atoms with Gasteiger partial charge in [-0.05, 0) is 48.4 Å². The van der Waals surface area contributed by atoms with Crippen molar-refractivity contribution in [1.82, 2.24) is 4.98 Å². The first-order chi connectivity index (χ1) is 10.9. The number of fused-ring (bicyclic) bond motifs is 4. The molecule has 2 aliphatic rings. The van der Waals surface area contributed by atoms with E-state index in [2.05, 4.69) is 44.0 Å². The Balaban J connectivity index is 1.93. The molecule has 4 heteroatoms. The average Bonchev–Trinajstić information content (AvgIpc) is 2.87. The SMILES string of the molecule is COc1ccc2c(c1)[C@@]1(C)Cc3sc(N)nc3C(C)(C)C1CC2. The lowest BCUT2D eigenvalue weighted by molar-refractivity contribution is 0.138. The van der Waals surface area contributed by atoms with Gasteiger partial charge in [-0.15, -0.1) is 11.3 Å². The molecule has 1 aromatic carbocycles. The van der Waals surface area contributed by atoms with E-state index in [9.17, 15) is 0 Å². The first-order valence-corrected chi connectivity index (χ1v) is 9.11. The summed E-state index contributed by atoms with van der Waals surface area (Å²) >= 11 is 1.67. The van der Waals surface area contributed by atoms with E-state index in [-0.39, 0.29) is 10.8 Å². The van der Waals surface area contributed by atoms with E-state index in [0.717, 1.165) is 18.6 Å². The van der Waals surface area contributed by atoms with Crippen molar-refractivity contribution in [2.75, 3.05) is 12.8 Å². The zero-order chi connectivity index (χ0) is 16.4. The molecule has 0 saturated heterocycles. The Bertz CT molecular complexity index is 780. The smallest absolute Gasteiger partial charge is 0.180 e. The van der Waals surface area contributed by atoms with Crippen LogP contribution in [-0.2, 0) is 23.7 Å². The third-order valence-corrected chi connectivity index (χ3v) is 7.01. The van der Waals surface area contributed by atoms with Crippen molar-refractivity contribution in [2.24, 2.45) is 5.92 Å². The van der Waals surface area contributed by atoms with E-state index < -0.39 is 0 Å². The molecule has 0 amide bonds.